The smallest absolute Gasteiger partial charge is 0.267 e. The predicted octanol–water partition coefficient (Wildman–Crippen LogP) is 3.03. The fraction of sp³-hybridized carbons (Fsp3) is 1.00. The first-order valence-corrected chi connectivity index (χ1v) is 8.82. The standard InChI is InChI=1S/C11H20F4O3S.C2H7N/c12-7-5-3-1-2-4-6-9(13)11(15)10(14)8-19(16,17)18;1-3-2/h9-11H,1-8H2,(H,16,17,18);3H,1-2H3. The van der Waals surface area contributed by atoms with E-state index < -0.39 is 41.1 Å². The lowest BCUT2D eigenvalue weighted by atomic mass is 10.0. The van der Waals surface area contributed by atoms with Gasteiger partial charge < -0.3 is 5.32 Å². The van der Waals surface area contributed by atoms with Gasteiger partial charge in [0.25, 0.3) is 10.1 Å². The minimum atomic E-state index is -4.65. The van der Waals surface area contributed by atoms with E-state index in [0.717, 1.165) is 0 Å². The van der Waals surface area contributed by atoms with E-state index in [9.17, 15) is 26.0 Å². The van der Waals surface area contributed by atoms with Gasteiger partial charge in [-0.15, -0.1) is 0 Å². The first kappa shape index (κ1) is 23.9. The summed E-state index contributed by atoms with van der Waals surface area (Å²) in [4.78, 5) is 0. The van der Waals surface area contributed by atoms with E-state index in [1.54, 1.807) is 0 Å². The molecule has 0 aliphatic heterocycles. The Labute approximate surface area is 130 Å². The molecule has 0 spiro atoms. The fourth-order valence-corrected chi connectivity index (χ4v) is 2.23. The van der Waals surface area contributed by atoms with Crippen molar-refractivity contribution in [2.24, 2.45) is 0 Å². The molecule has 0 bridgehead atoms. The van der Waals surface area contributed by atoms with Gasteiger partial charge in [0.05, 0.1) is 6.67 Å². The quantitative estimate of drug-likeness (QED) is 0.340. The molecule has 9 heteroatoms. The molecule has 0 aromatic carbocycles. The largest absolute Gasteiger partial charge is 0.323 e. The Hall–Kier alpha value is -0.410. The summed E-state index contributed by atoms with van der Waals surface area (Å²) in [6.07, 6.45) is -4.75. The summed E-state index contributed by atoms with van der Waals surface area (Å²) < 4.78 is 80.2. The SMILES string of the molecule is CNC.O=S(=O)(O)CC(F)C(F)C(F)CCCCCCCF. The molecule has 0 rings (SSSR count). The van der Waals surface area contributed by atoms with E-state index in [4.69, 9.17) is 4.55 Å². The lowest BCUT2D eigenvalue weighted by molar-refractivity contribution is 0.0853. The summed E-state index contributed by atoms with van der Waals surface area (Å²) in [6, 6.07) is 0. The molecule has 0 aliphatic carbocycles. The minimum Gasteiger partial charge on any atom is -0.323 e. The van der Waals surface area contributed by atoms with Crippen molar-refractivity contribution in [3.8, 4) is 0 Å². The molecular weight excluding hydrogens is 326 g/mol. The second kappa shape index (κ2) is 14.2. The van der Waals surface area contributed by atoms with Crippen LogP contribution in [-0.2, 0) is 10.1 Å². The Morgan fingerprint density at radius 2 is 1.41 bits per heavy atom. The number of unbranched alkanes of at least 4 members (excludes halogenated alkanes) is 4. The van der Waals surface area contributed by atoms with Gasteiger partial charge in [-0.1, -0.05) is 25.7 Å². The highest BCUT2D eigenvalue weighted by atomic mass is 32.2. The summed E-state index contributed by atoms with van der Waals surface area (Å²) in [5.41, 5.74) is 0. The van der Waals surface area contributed by atoms with Crippen LogP contribution < -0.4 is 5.32 Å². The van der Waals surface area contributed by atoms with Gasteiger partial charge in [-0.2, -0.15) is 8.42 Å². The number of alkyl halides is 4. The molecule has 0 saturated carbocycles. The highest BCUT2D eigenvalue weighted by molar-refractivity contribution is 7.85. The van der Waals surface area contributed by atoms with Crippen molar-refractivity contribution in [2.75, 3.05) is 26.5 Å². The van der Waals surface area contributed by atoms with Crippen LogP contribution in [0, 0.1) is 0 Å². The van der Waals surface area contributed by atoms with E-state index in [0.29, 0.717) is 32.1 Å². The van der Waals surface area contributed by atoms with Crippen LogP contribution in [0.25, 0.3) is 0 Å². The van der Waals surface area contributed by atoms with E-state index in [-0.39, 0.29) is 6.42 Å². The van der Waals surface area contributed by atoms with E-state index in [2.05, 4.69) is 5.32 Å². The molecule has 0 radical (unpaired) electrons. The lowest BCUT2D eigenvalue weighted by Gasteiger charge is -2.16. The van der Waals surface area contributed by atoms with Crippen LogP contribution in [0.1, 0.15) is 38.5 Å². The number of halogens is 4. The molecule has 0 aromatic rings. The van der Waals surface area contributed by atoms with Crippen molar-refractivity contribution in [3.63, 3.8) is 0 Å². The average molecular weight is 353 g/mol. The van der Waals surface area contributed by atoms with Gasteiger partial charge in [0.2, 0.25) is 0 Å². The van der Waals surface area contributed by atoms with Crippen LogP contribution in [-0.4, -0.2) is 58.0 Å². The van der Waals surface area contributed by atoms with Gasteiger partial charge in [-0.3, -0.25) is 8.94 Å². The van der Waals surface area contributed by atoms with Gasteiger partial charge in [0.15, 0.2) is 12.3 Å². The first-order chi connectivity index (χ1) is 10.2. The van der Waals surface area contributed by atoms with Crippen LogP contribution in [0.4, 0.5) is 17.6 Å². The zero-order valence-electron chi connectivity index (χ0n) is 13.1. The third kappa shape index (κ3) is 16.0. The monoisotopic (exact) mass is 353 g/mol. The molecule has 3 atom stereocenters. The summed E-state index contributed by atoms with van der Waals surface area (Å²) in [5.74, 6) is -1.44. The lowest BCUT2D eigenvalue weighted by Crippen LogP contribution is -2.33. The first-order valence-electron chi connectivity index (χ1n) is 7.21. The molecule has 0 saturated heterocycles. The van der Waals surface area contributed by atoms with Crippen molar-refractivity contribution in [1.29, 1.82) is 0 Å². The highest BCUT2D eigenvalue weighted by Gasteiger charge is 2.32. The molecule has 136 valence electrons. The third-order valence-electron chi connectivity index (χ3n) is 2.67. The number of nitrogens with one attached hydrogen (secondary N) is 1. The Morgan fingerprint density at radius 1 is 0.955 bits per heavy atom. The van der Waals surface area contributed by atoms with Gasteiger partial charge >= 0.3 is 0 Å². The van der Waals surface area contributed by atoms with E-state index in [1.165, 1.54) is 0 Å². The molecule has 4 nitrogen and oxygen atoms in total. The second-order valence-corrected chi connectivity index (χ2v) is 6.47. The fourth-order valence-electron chi connectivity index (χ4n) is 1.64. The Morgan fingerprint density at radius 3 is 1.86 bits per heavy atom. The molecule has 0 aromatic heterocycles. The molecule has 22 heavy (non-hydrogen) atoms. The Bertz CT molecular complexity index is 344. The Kier molecular flexibility index (Phi) is 15.4. The van der Waals surface area contributed by atoms with Crippen LogP contribution >= 0.6 is 0 Å². The van der Waals surface area contributed by atoms with Crippen molar-refractivity contribution in [3.05, 3.63) is 0 Å². The van der Waals surface area contributed by atoms with Crippen molar-refractivity contribution in [1.82, 2.24) is 5.32 Å². The molecule has 3 unspecified atom stereocenters. The molecule has 0 amide bonds. The molecule has 2 N–H and O–H groups in total. The van der Waals surface area contributed by atoms with Gasteiger partial charge in [0, 0.05) is 0 Å². The number of hydrogen-bond donors (Lipinski definition) is 2. The van der Waals surface area contributed by atoms with Crippen molar-refractivity contribution < 1.29 is 30.5 Å². The van der Waals surface area contributed by atoms with Crippen molar-refractivity contribution >= 4 is 10.1 Å². The molecule has 0 heterocycles. The maximum absolute atomic E-state index is 13.2. The second-order valence-electron chi connectivity index (χ2n) is 4.97. The zero-order valence-corrected chi connectivity index (χ0v) is 13.9. The minimum absolute atomic E-state index is 0.220. The van der Waals surface area contributed by atoms with Crippen LogP contribution in [0.2, 0.25) is 0 Å². The van der Waals surface area contributed by atoms with Crippen LogP contribution in [0.15, 0.2) is 0 Å². The highest BCUT2D eigenvalue weighted by Crippen LogP contribution is 2.19. The average Bonchev–Trinajstić information content (AvgIpc) is 2.40. The summed E-state index contributed by atoms with van der Waals surface area (Å²) >= 11 is 0. The number of hydrogen-bond acceptors (Lipinski definition) is 3. The molecule has 0 aliphatic rings. The predicted molar refractivity (Wildman–Crippen MR) is 79.8 cm³/mol. The summed E-state index contributed by atoms with van der Waals surface area (Å²) in [6.45, 7) is -0.405. The van der Waals surface area contributed by atoms with Gasteiger partial charge in [0.1, 0.15) is 11.9 Å². The summed E-state index contributed by atoms with van der Waals surface area (Å²) in [7, 11) is -0.905. The van der Waals surface area contributed by atoms with Gasteiger partial charge in [-0.25, -0.2) is 13.2 Å². The maximum Gasteiger partial charge on any atom is 0.267 e. The van der Waals surface area contributed by atoms with Gasteiger partial charge in [-0.05, 0) is 26.9 Å². The number of rotatable bonds is 11. The van der Waals surface area contributed by atoms with E-state index in [1.807, 2.05) is 14.1 Å². The zero-order chi connectivity index (χ0) is 17.6. The summed E-state index contributed by atoms with van der Waals surface area (Å²) in [5, 5.41) is 2.75. The van der Waals surface area contributed by atoms with E-state index >= 15 is 0 Å². The van der Waals surface area contributed by atoms with Crippen LogP contribution in [0.5, 0.6) is 0 Å². The normalized spacial score (nSPS) is 15.6. The molecular formula is C13H27F4NO3S. The molecule has 0 fully saturated rings. The Balaban J connectivity index is 0. The van der Waals surface area contributed by atoms with Crippen LogP contribution in [0.3, 0.4) is 0 Å². The maximum atomic E-state index is 13.2. The topological polar surface area (TPSA) is 66.4 Å². The third-order valence-corrected chi connectivity index (χ3v) is 3.41. The van der Waals surface area contributed by atoms with Crippen molar-refractivity contribution in [2.45, 2.75) is 57.0 Å².